The predicted molar refractivity (Wildman–Crippen MR) is 77.1 cm³/mol. The number of nitrogens with zero attached hydrogens (tertiary/aromatic N) is 2. The van der Waals surface area contributed by atoms with Crippen molar-refractivity contribution >= 4 is 5.69 Å². The van der Waals surface area contributed by atoms with E-state index in [2.05, 4.69) is 30.7 Å². The van der Waals surface area contributed by atoms with Gasteiger partial charge in [-0.15, -0.1) is 0 Å². The summed E-state index contributed by atoms with van der Waals surface area (Å²) in [6.07, 6.45) is 1.78. The Kier molecular flexibility index (Phi) is 3.42. The summed E-state index contributed by atoms with van der Waals surface area (Å²) in [6, 6.07) is 7.43. The molecule has 0 fully saturated rings. The lowest BCUT2D eigenvalue weighted by Crippen LogP contribution is -2.14. The van der Waals surface area contributed by atoms with Crippen LogP contribution in [-0.2, 0) is 5.41 Å². The van der Waals surface area contributed by atoms with Crippen LogP contribution in [0.1, 0.15) is 26.5 Å². The fourth-order valence-electron chi connectivity index (χ4n) is 1.80. The predicted octanol–water partition coefficient (Wildman–Crippen LogP) is 3.03. The van der Waals surface area contributed by atoms with E-state index in [9.17, 15) is 0 Å². The molecule has 4 heteroatoms. The molecular formula is C15H19N3O. The van der Waals surface area contributed by atoms with E-state index >= 15 is 0 Å². The van der Waals surface area contributed by atoms with E-state index in [4.69, 9.17) is 10.5 Å². The summed E-state index contributed by atoms with van der Waals surface area (Å²) in [4.78, 5) is 8.95. The van der Waals surface area contributed by atoms with Gasteiger partial charge in [0.2, 0.25) is 0 Å². The molecule has 0 saturated heterocycles. The third-order valence-electron chi connectivity index (χ3n) is 2.89. The highest BCUT2D eigenvalue weighted by atomic mass is 16.5. The molecule has 0 bridgehead atoms. The molecule has 0 aliphatic rings. The fraction of sp³-hybridized carbons (Fsp3) is 0.333. The zero-order valence-corrected chi connectivity index (χ0v) is 11.8. The van der Waals surface area contributed by atoms with E-state index < -0.39 is 0 Å². The number of benzene rings is 1. The first kappa shape index (κ1) is 13.3. The summed E-state index contributed by atoms with van der Waals surface area (Å²) in [6.45, 7) is 6.37. The van der Waals surface area contributed by atoms with Gasteiger partial charge in [-0.05, 0) is 18.2 Å². The fourth-order valence-corrected chi connectivity index (χ4v) is 1.80. The lowest BCUT2D eigenvalue weighted by atomic mass is 9.92. The summed E-state index contributed by atoms with van der Waals surface area (Å²) in [5.74, 6) is 1.34. The number of hydrogen-bond donors (Lipinski definition) is 1. The molecule has 0 aliphatic heterocycles. The molecule has 0 saturated carbocycles. The van der Waals surface area contributed by atoms with Crippen LogP contribution < -0.4 is 10.5 Å². The van der Waals surface area contributed by atoms with Crippen LogP contribution in [0.3, 0.4) is 0 Å². The minimum absolute atomic E-state index is 0.0151. The number of hydrogen-bond acceptors (Lipinski definition) is 4. The second-order valence-corrected chi connectivity index (χ2v) is 5.48. The summed E-state index contributed by atoms with van der Waals surface area (Å²) < 4.78 is 5.35. The van der Waals surface area contributed by atoms with Crippen LogP contribution in [0.25, 0.3) is 11.4 Å². The van der Waals surface area contributed by atoms with Gasteiger partial charge in [-0.2, -0.15) is 0 Å². The number of methoxy groups -OCH3 is 1. The zero-order chi connectivity index (χ0) is 14.0. The third-order valence-corrected chi connectivity index (χ3v) is 2.89. The van der Waals surface area contributed by atoms with Gasteiger partial charge in [0.15, 0.2) is 5.82 Å². The molecule has 0 radical (unpaired) electrons. The quantitative estimate of drug-likeness (QED) is 0.840. The molecular weight excluding hydrogens is 238 g/mol. The van der Waals surface area contributed by atoms with Crippen molar-refractivity contribution in [3.63, 3.8) is 0 Å². The Labute approximate surface area is 113 Å². The SMILES string of the molecule is COc1cc(N)ccc1-c1nccc(C(C)(C)C)n1. The van der Waals surface area contributed by atoms with Crippen LogP contribution in [0.5, 0.6) is 5.75 Å². The van der Waals surface area contributed by atoms with Gasteiger partial charge >= 0.3 is 0 Å². The van der Waals surface area contributed by atoms with Crippen molar-refractivity contribution in [3.05, 3.63) is 36.2 Å². The number of aromatic nitrogens is 2. The topological polar surface area (TPSA) is 61.0 Å². The van der Waals surface area contributed by atoms with Crippen molar-refractivity contribution in [2.75, 3.05) is 12.8 Å². The van der Waals surface area contributed by atoms with Crippen molar-refractivity contribution in [3.8, 4) is 17.1 Å². The maximum absolute atomic E-state index is 5.76. The van der Waals surface area contributed by atoms with E-state index in [1.165, 1.54) is 0 Å². The van der Waals surface area contributed by atoms with Crippen molar-refractivity contribution in [2.24, 2.45) is 0 Å². The van der Waals surface area contributed by atoms with Crippen molar-refractivity contribution in [1.82, 2.24) is 9.97 Å². The Morgan fingerprint density at radius 2 is 1.89 bits per heavy atom. The van der Waals surface area contributed by atoms with Crippen LogP contribution in [0, 0.1) is 0 Å². The van der Waals surface area contributed by atoms with Gasteiger partial charge in [0.25, 0.3) is 0 Å². The van der Waals surface area contributed by atoms with Crippen molar-refractivity contribution in [2.45, 2.75) is 26.2 Å². The number of anilines is 1. The molecule has 0 atom stereocenters. The molecule has 1 aromatic carbocycles. The van der Waals surface area contributed by atoms with Gasteiger partial charge in [0.05, 0.1) is 12.7 Å². The molecule has 1 aromatic heterocycles. The van der Waals surface area contributed by atoms with Crippen LogP contribution >= 0.6 is 0 Å². The average molecular weight is 257 g/mol. The standard InChI is InChI=1S/C15H19N3O/c1-15(2,3)13-7-8-17-14(18-13)11-6-5-10(16)9-12(11)19-4/h5-9H,16H2,1-4H3. The molecule has 4 nitrogen and oxygen atoms in total. The summed E-state index contributed by atoms with van der Waals surface area (Å²) in [7, 11) is 1.62. The minimum atomic E-state index is -0.0151. The van der Waals surface area contributed by atoms with Crippen LogP contribution in [0.2, 0.25) is 0 Å². The maximum Gasteiger partial charge on any atom is 0.163 e. The highest BCUT2D eigenvalue weighted by molar-refractivity contribution is 5.67. The molecule has 2 N–H and O–H groups in total. The largest absolute Gasteiger partial charge is 0.496 e. The Balaban J connectivity index is 2.53. The maximum atomic E-state index is 5.76. The summed E-state index contributed by atoms with van der Waals surface area (Å²) in [5.41, 5.74) is 8.25. The number of rotatable bonds is 2. The van der Waals surface area contributed by atoms with Gasteiger partial charge in [-0.25, -0.2) is 9.97 Å². The molecule has 19 heavy (non-hydrogen) atoms. The van der Waals surface area contributed by atoms with E-state index in [-0.39, 0.29) is 5.41 Å². The molecule has 0 spiro atoms. The molecule has 100 valence electrons. The van der Waals surface area contributed by atoms with E-state index in [1.54, 1.807) is 19.4 Å². The first-order valence-corrected chi connectivity index (χ1v) is 6.19. The Hall–Kier alpha value is -2.10. The Bertz CT molecular complexity index is 588. The smallest absolute Gasteiger partial charge is 0.163 e. The number of nitrogens with two attached hydrogens (primary N) is 1. The first-order chi connectivity index (χ1) is 8.91. The van der Waals surface area contributed by atoms with Crippen molar-refractivity contribution in [1.29, 1.82) is 0 Å². The highest BCUT2D eigenvalue weighted by Gasteiger charge is 2.17. The molecule has 1 heterocycles. The first-order valence-electron chi connectivity index (χ1n) is 6.19. The summed E-state index contributed by atoms with van der Waals surface area (Å²) >= 11 is 0. The minimum Gasteiger partial charge on any atom is -0.496 e. The zero-order valence-electron chi connectivity index (χ0n) is 11.8. The highest BCUT2D eigenvalue weighted by Crippen LogP contribution is 2.30. The van der Waals surface area contributed by atoms with E-state index in [0.717, 1.165) is 11.3 Å². The Morgan fingerprint density at radius 1 is 1.16 bits per heavy atom. The van der Waals surface area contributed by atoms with Gasteiger partial charge in [0, 0.05) is 29.1 Å². The van der Waals surface area contributed by atoms with Crippen LogP contribution in [-0.4, -0.2) is 17.1 Å². The normalized spacial score (nSPS) is 11.4. The average Bonchev–Trinajstić information content (AvgIpc) is 2.37. The number of ether oxygens (including phenoxy) is 1. The van der Waals surface area contributed by atoms with Crippen molar-refractivity contribution < 1.29 is 4.74 Å². The lowest BCUT2D eigenvalue weighted by molar-refractivity contribution is 0.416. The third kappa shape index (κ3) is 2.84. The molecule has 0 amide bonds. The molecule has 2 rings (SSSR count). The summed E-state index contributed by atoms with van der Waals surface area (Å²) in [5, 5.41) is 0. The van der Waals surface area contributed by atoms with Gasteiger partial charge < -0.3 is 10.5 Å². The number of nitrogen functional groups attached to an aromatic ring is 1. The van der Waals surface area contributed by atoms with Gasteiger partial charge in [-0.1, -0.05) is 20.8 Å². The van der Waals surface area contributed by atoms with E-state index in [1.807, 2.05) is 18.2 Å². The molecule has 0 aliphatic carbocycles. The van der Waals surface area contributed by atoms with Crippen LogP contribution in [0.15, 0.2) is 30.5 Å². The second kappa shape index (κ2) is 4.88. The Morgan fingerprint density at radius 3 is 2.53 bits per heavy atom. The molecule has 0 unspecified atom stereocenters. The van der Waals surface area contributed by atoms with E-state index in [0.29, 0.717) is 17.3 Å². The molecule has 2 aromatic rings. The second-order valence-electron chi connectivity index (χ2n) is 5.48. The monoisotopic (exact) mass is 257 g/mol. The van der Waals surface area contributed by atoms with Crippen LogP contribution in [0.4, 0.5) is 5.69 Å². The van der Waals surface area contributed by atoms with Gasteiger partial charge in [-0.3, -0.25) is 0 Å². The lowest BCUT2D eigenvalue weighted by Gasteiger charge is -2.18. The van der Waals surface area contributed by atoms with Gasteiger partial charge in [0.1, 0.15) is 5.75 Å².